The average Bonchev–Trinajstić information content (AvgIpc) is 2.33. The summed E-state index contributed by atoms with van der Waals surface area (Å²) in [6.45, 7) is 4.99. The second kappa shape index (κ2) is 6.13. The molecule has 1 aromatic carbocycles. The Morgan fingerprint density at radius 2 is 2.10 bits per heavy atom. The van der Waals surface area contributed by atoms with Crippen LogP contribution in [0.5, 0.6) is 0 Å². The highest BCUT2D eigenvalue weighted by Crippen LogP contribution is 2.24. The van der Waals surface area contributed by atoms with Crippen LogP contribution in [0.3, 0.4) is 0 Å². The molecule has 1 heterocycles. The number of nitrogens with zero attached hydrogens (tertiary/aromatic N) is 1. The summed E-state index contributed by atoms with van der Waals surface area (Å²) >= 11 is 3.34. The highest BCUT2D eigenvalue weighted by molar-refractivity contribution is 9.10. The van der Waals surface area contributed by atoms with E-state index in [0.29, 0.717) is 15.4 Å². The Kier molecular flexibility index (Phi) is 4.89. The molecule has 0 saturated carbocycles. The second-order valence-corrected chi connectivity index (χ2v) is 8.14. The number of benzene rings is 1. The lowest BCUT2D eigenvalue weighted by atomic mass is 10.0. The number of aryl methyl sites for hydroxylation is 1. The van der Waals surface area contributed by atoms with Crippen LogP contribution in [0, 0.1) is 6.92 Å². The molecular weight excluding hydrogens is 340 g/mol. The van der Waals surface area contributed by atoms with Crippen molar-refractivity contribution in [2.45, 2.75) is 43.7 Å². The van der Waals surface area contributed by atoms with E-state index in [-0.39, 0.29) is 6.04 Å². The zero-order valence-corrected chi connectivity index (χ0v) is 14.5. The number of hydrogen-bond donors (Lipinski definition) is 1. The van der Waals surface area contributed by atoms with Crippen LogP contribution < -0.4 is 4.72 Å². The maximum Gasteiger partial charge on any atom is 0.241 e. The predicted molar refractivity (Wildman–Crippen MR) is 84.3 cm³/mol. The largest absolute Gasteiger partial charge is 0.304 e. The summed E-state index contributed by atoms with van der Waals surface area (Å²) in [6, 6.07) is 5.71. The zero-order chi connectivity index (χ0) is 14.9. The van der Waals surface area contributed by atoms with Crippen LogP contribution in [0.1, 0.15) is 25.3 Å². The number of likely N-dealkylation sites (tertiary alicyclic amines) is 1. The molecule has 0 bridgehead atoms. The third-order valence-corrected chi connectivity index (χ3v) is 6.40. The summed E-state index contributed by atoms with van der Waals surface area (Å²) in [5, 5.41) is 0. The third kappa shape index (κ3) is 3.61. The Balaban J connectivity index is 2.15. The molecule has 0 amide bonds. The van der Waals surface area contributed by atoms with E-state index in [0.717, 1.165) is 24.9 Å². The average molecular weight is 361 g/mol. The summed E-state index contributed by atoms with van der Waals surface area (Å²) in [7, 11) is -1.39. The third-order valence-electron chi connectivity index (χ3n) is 3.91. The van der Waals surface area contributed by atoms with Gasteiger partial charge in [0.25, 0.3) is 0 Å². The molecule has 0 radical (unpaired) electrons. The van der Waals surface area contributed by atoms with Crippen LogP contribution in [0.4, 0.5) is 0 Å². The molecule has 6 heteroatoms. The highest BCUT2D eigenvalue weighted by atomic mass is 79.9. The molecule has 112 valence electrons. The molecule has 0 aliphatic carbocycles. The van der Waals surface area contributed by atoms with Crippen molar-refractivity contribution in [2.75, 3.05) is 13.6 Å². The van der Waals surface area contributed by atoms with Gasteiger partial charge in [0.2, 0.25) is 10.0 Å². The quantitative estimate of drug-likeness (QED) is 0.900. The van der Waals surface area contributed by atoms with Gasteiger partial charge in [-0.15, -0.1) is 0 Å². The van der Waals surface area contributed by atoms with E-state index in [4.69, 9.17) is 0 Å². The first-order valence-corrected chi connectivity index (χ1v) is 9.06. The molecular formula is C14H21BrN2O2S. The van der Waals surface area contributed by atoms with Crippen LogP contribution in [0.2, 0.25) is 0 Å². The molecule has 1 aliphatic heterocycles. The summed E-state index contributed by atoms with van der Waals surface area (Å²) in [6.07, 6.45) is 1.70. The molecule has 1 fully saturated rings. The van der Waals surface area contributed by atoms with Crippen LogP contribution in [0.15, 0.2) is 27.6 Å². The normalized spacial score (nSPS) is 24.8. The monoisotopic (exact) mass is 360 g/mol. The minimum absolute atomic E-state index is 0.0133. The molecule has 20 heavy (non-hydrogen) atoms. The maximum atomic E-state index is 12.5. The summed E-state index contributed by atoms with van der Waals surface area (Å²) in [5.74, 6) is 0. The lowest BCUT2D eigenvalue weighted by molar-refractivity contribution is 0.178. The number of nitrogens with one attached hydrogen (secondary N) is 1. The van der Waals surface area contributed by atoms with E-state index in [1.165, 1.54) is 0 Å². The van der Waals surface area contributed by atoms with Gasteiger partial charge in [-0.25, -0.2) is 13.1 Å². The van der Waals surface area contributed by atoms with Crippen LogP contribution in [-0.4, -0.2) is 39.0 Å². The van der Waals surface area contributed by atoms with Gasteiger partial charge in [0, 0.05) is 16.6 Å². The van der Waals surface area contributed by atoms with Crippen molar-refractivity contribution in [1.82, 2.24) is 9.62 Å². The first-order valence-electron chi connectivity index (χ1n) is 6.78. The van der Waals surface area contributed by atoms with E-state index in [9.17, 15) is 8.42 Å². The van der Waals surface area contributed by atoms with E-state index < -0.39 is 10.0 Å². The van der Waals surface area contributed by atoms with Crippen molar-refractivity contribution in [3.05, 3.63) is 28.2 Å². The molecule has 2 rings (SSSR count). The molecule has 1 aromatic rings. The SMILES string of the molecule is Cc1ccc(S(=O)(=O)NC2CCN(C)C(C)C2)c(Br)c1. The Morgan fingerprint density at radius 3 is 2.70 bits per heavy atom. The molecule has 0 spiro atoms. The number of sulfonamides is 1. The Morgan fingerprint density at radius 1 is 1.40 bits per heavy atom. The van der Waals surface area contributed by atoms with Gasteiger partial charge < -0.3 is 4.90 Å². The Hall–Kier alpha value is -0.430. The molecule has 1 saturated heterocycles. The van der Waals surface area contributed by atoms with Gasteiger partial charge in [-0.1, -0.05) is 6.07 Å². The lowest BCUT2D eigenvalue weighted by Crippen LogP contribution is -2.47. The molecule has 1 aliphatic rings. The van der Waals surface area contributed by atoms with Gasteiger partial charge in [0.1, 0.15) is 0 Å². The lowest BCUT2D eigenvalue weighted by Gasteiger charge is -2.35. The fourth-order valence-electron chi connectivity index (χ4n) is 2.50. The predicted octanol–water partition coefficient (Wildman–Crippen LogP) is 2.52. The summed E-state index contributed by atoms with van der Waals surface area (Å²) in [5.41, 5.74) is 1.03. The number of halogens is 1. The van der Waals surface area contributed by atoms with Crippen LogP contribution in [0.25, 0.3) is 0 Å². The van der Waals surface area contributed by atoms with Gasteiger partial charge in [0.15, 0.2) is 0 Å². The van der Waals surface area contributed by atoms with Crippen molar-refractivity contribution < 1.29 is 8.42 Å². The van der Waals surface area contributed by atoms with Crippen molar-refractivity contribution in [1.29, 1.82) is 0 Å². The van der Waals surface area contributed by atoms with E-state index >= 15 is 0 Å². The van der Waals surface area contributed by atoms with Crippen molar-refractivity contribution >= 4 is 26.0 Å². The van der Waals surface area contributed by atoms with Gasteiger partial charge in [0.05, 0.1) is 4.90 Å². The van der Waals surface area contributed by atoms with Crippen LogP contribution >= 0.6 is 15.9 Å². The fraction of sp³-hybridized carbons (Fsp3) is 0.571. The summed E-state index contributed by atoms with van der Waals surface area (Å²) in [4.78, 5) is 2.57. The number of rotatable bonds is 3. The fourth-order valence-corrected chi connectivity index (χ4v) is 4.98. The summed E-state index contributed by atoms with van der Waals surface area (Å²) < 4.78 is 28.4. The van der Waals surface area contributed by atoms with Gasteiger partial charge in [-0.3, -0.25) is 0 Å². The minimum atomic E-state index is -3.46. The number of hydrogen-bond acceptors (Lipinski definition) is 3. The Bertz CT molecular complexity index is 589. The topological polar surface area (TPSA) is 49.4 Å². The molecule has 4 nitrogen and oxygen atoms in total. The van der Waals surface area contributed by atoms with E-state index in [2.05, 4.69) is 39.5 Å². The maximum absolute atomic E-state index is 12.5. The first kappa shape index (κ1) is 15.9. The molecule has 2 unspecified atom stereocenters. The van der Waals surface area contributed by atoms with E-state index in [1.54, 1.807) is 6.07 Å². The second-order valence-electron chi connectivity index (χ2n) is 5.61. The standard InChI is InChI=1S/C14H21BrN2O2S/c1-10-4-5-14(13(15)8-10)20(18,19)16-12-6-7-17(3)11(2)9-12/h4-5,8,11-12,16H,6-7,9H2,1-3H3. The van der Waals surface area contributed by atoms with E-state index in [1.807, 2.05) is 19.1 Å². The van der Waals surface area contributed by atoms with Crippen LogP contribution in [-0.2, 0) is 10.0 Å². The number of piperidine rings is 1. The Labute approximate surface area is 129 Å². The van der Waals surface area contributed by atoms with Gasteiger partial charge in [-0.2, -0.15) is 0 Å². The molecule has 2 atom stereocenters. The smallest absolute Gasteiger partial charge is 0.241 e. The van der Waals surface area contributed by atoms with Crippen molar-refractivity contribution in [3.8, 4) is 0 Å². The first-order chi connectivity index (χ1) is 9.29. The zero-order valence-electron chi connectivity index (χ0n) is 12.1. The highest BCUT2D eigenvalue weighted by Gasteiger charge is 2.27. The minimum Gasteiger partial charge on any atom is -0.304 e. The van der Waals surface area contributed by atoms with Crippen molar-refractivity contribution in [2.24, 2.45) is 0 Å². The molecule has 1 N–H and O–H groups in total. The van der Waals surface area contributed by atoms with Gasteiger partial charge in [-0.05, 0) is 73.9 Å². The van der Waals surface area contributed by atoms with Gasteiger partial charge >= 0.3 is 0 Å². The van der Waals surface area contributed by atoms with Crippen molar-refractivity contribution in [3.63, 3.8) is 0 Å². The molecule has 0 aromatic heterocycles.